The van der Waals surface area contributed by atoms with Crippen LogP contribution in [0.1, 0.15) is 32.8 Å². The molecule has 0 saturated heterocycles. The largest absolute Gasteiger partial charge is 0.494 e. The molecular weight excluding hydrogens is 195 g/mol. The fourth-order valence-corrected chi connectivity index (χ4v) is 1.28. The van der Waals surface area contributed by atoms with Crippen LogP contribution >= 0.6 is 0 Å². The smallest absolute Gasteiger partial charge is 0.129 e. The molecule has 84 valence electrons. The average molecular weight is 212 g/mol. The second-order valence-electron chi connectivity index (χ2n) is 4.05. The Kier molecular flexibility index (Phi) is 3.69. The van der Waals surface area contributed by atoms with Gasteiger partial charge in [-0.3, -0.25) is 0 Å². The van der Waals surface area contributed by atoms with Crippen LogP contribution in [-0.4, -0.2) is 11.7 Å². The van der Waals surface area contributed by atoms with Gasteiger partial charge in [0.15, 0.2) is 0 Å². The first kappa shape index (κ1) is 12.0. The Balaban J connectivity index is 2.95. The second kappa shape index (κ2) is 4.62. The lowest BCUT2D eigenvalue weighted by molar-refractivity contribution is 0.0741. The van der Waals surface area contributed by atoms with Gasteiger partial charge < -0.3 is 9.84 Å². The molecule has 0 aromatic heterocycles. The molecule has 1 aromatic carbocycles. The highest BCUT2D eigenvalue weighted by atomic mass is 19.1. The van der Waals surface area contributed by atoms with Crippen molar-refractivity contribution in [3.8, 4) is 5.75 Å². The Bertz CT molecular complexity index is 329. The van der Waals surface area contributed by atoms with Gasteiger partial charge in [0.05, 0.1) is 12.2 Å². The third kappa shape index (κ3) is 3.20. The van der Waals surface area contributed by atoms with Gasteiger partial charge >= 0.3 is 0 Å². The predicted molar refractivity (Wildman–Crippen MR) is 57.4 cm³/mol. The summed E-state index contributed by atoms with van der Waals surface area (Å²) >= 11 is 0. The van der Waals surface area contributed by atoms with E-state index in [2.05, 4.69) is 0 Å². The highest BCUT2D eigenvalue weighted by molar-refractivity contribution is 5.32. The van der Waals surface area contributed by atoms with Crippen molar-refractivity contribution in [3.63, 3.8) is 0 Å². The summed E-state index contributed by atoms with van der Waals surface area (Å²) in [5.41, 5.74) is -0.925. The number of halogens is 1. The fraction of sp³-hybridized carbons (Fsp3) is 0.500. The number of hydrogen-bond acceptors (Lipinski definition) is 2. The number of rotatable bonds is 4. The van der Waals surface area contributed by atoms with Crippen LogP contribution in [0.25, 0.3) is 0 Å². The van der Waals surface area contributed by atoms with E-state index < -0.39 is 11.4 Å². The zero-order chi connectivity index (χ0) is 11.5. The van der Waals surface area contributed by atoms with E-state index in [1.54, 1.807) is 26.0 Å². The molecule has 2 nitrogen and oxygen atoms in total. The van der Waals surface area contributed by atoms with Crippen LogP contribution in [0.15, 0.2) is 18.2 Å². The molecule has 0 aliphatic heterocycles. The molecule has 0 aliphatic carbocycles. The Labute approximate surface area is 89.7 Å². The van der Waals surface area contributed by atoms with E-state index in [1.165, 1.54) is 6.07 Å². The van der Waals surface area contributed by atoms with Crippen molar-refractivity contribution in [2.45, 2.75) is 32.8 Å². The predicted octanol–water partition coefficient (Wildman–Crippen LogP) is 2.84. The molecular formula is C12H17FO2. The van der Waals surface area contributed by atoms with E-state index in [4.69, 9.17) is 4.74 Å². The maximum atomic E-state index is 13.4. The van der Waals surface area contributed by atoms with E-state index in [1.807, 2.05) is 6.92 Å². The number of aliphatic hydroxyl groups is 1. The average Bonchev–Trinajstić information content (AvgIpc) is 2.15. The lowest BCUT2D eigenvalue weighted by Crippen LogP contribution is -2.17. The molecule has 0 bridgehead atoms. The lowest BCUT2D eigenvalue weighted by atomic mass is 9.98. The summed E-state index contributed by atoms with van der Waals surface area (Å²) < 4.78 is 18.7. The zero-order valence-corrected chi connectivity index (χ0v) is 9.38. The summed E-state index contributed by atoms with van der Waals surface area (Å²) in [5.74, 6) is 0.182. The highest BCUT2D eigenvalue weighted by Gasteiger charge is 2.21. The van der Waals surface area contributed by atoms with E-state index >= 15 is 0 Å². The molecule has 0 radical (unpaired) electrons. The quantitative estimate of drug-likeness (QED) is 0.831. The summed E-state index contributed by atoms with van der Waals surface area (Å²) in [4.78, 5) is 0. The van der Waals surface area contributed by atoms with Crippen LogP contribution < -0.4 is 4.74 Å². The minimum atomic E-state index is -1.18. The van der Waals surface area contributed by atoms with Crippen LogP contribution in [0.4, 0.5) is 4.39 Å². The Morgan fingerprint density at radius 3 is 2.60 bits per heavy atom. The molecule has 0 fully saturated rings. The molecule has 0 saturated carbocycles. The summed E-state index contributed by atoms with van der Waals surface area (Å²) in [7, 11) is 0. The van der Waals surface area contributed by atoms with Crippen molar-refractivity contribution in [3.05, 3.63) is 29.6 Å². The summed E-state index contributed by atoms with van der Waals surface area (Å²) in [6.07, 6.45) is 0.898. The second-order valence-corrected chi connectivity index (χ2v) is 4.05. The summed E-state index contributed by atoms with van der Waals surface area (Å²) in [6.45, 7) is 5.70. The molecule has 0 amide bonds. The van der Waals surface area contributed by atoms with Crippen molar-refractivity contribution in [2.24, 2.45) is 0 Å². The van der Waals surface area contributed by atoms with Crippen LogP contribution in [0, 0.1) is 5.82 Å². The third-order valence-electron chi connectivity index (χ3n) is 2.07. The molecule has 0 atom stereocenters. The Morgan fingerprint density at radius 2 is 2.07 bits per heavy atom. The fourth-order valence-electron chi connectivity index (χ4n) is 1.28. The lowest BCUT2D eigenvalue weighted by Gasteiger charge is -2.19. The SMILES string of the molecule is CCCOc1ccc(F)c(C(C)(C)O)c1. The molecule has 1 N–H and O–H groups in total. The standard InChI is InChI=1S/C12H17FO2/c1-4-7-15-9-5-6-11(13)10(8-9)12(2,3)14/h5-6,8,14H,4,7H2,1-3H3. The van der Waals surface area contributed by atoms with Crippen LogP contribution in [-0.2, 0) is 5.60 Å². The van der Waals surface area contributed by atoms with Crippen molar-refractivity contribution in [1.29, 1.82) is 0 Å². The first-order valence-corrected chi connectivity index (χ1v) is 5.10. The van der Waals surface area contributed by atoms with Gasteiger partial charge in [0.1, 0.15) is 11.6 Å². The number of hydrogen-bond donors (Lipinski definition) is 1. The molecule has 15 heavy (non-hydrogen) atoms. The van der Waals surface area contributed by atoms with Crippen molar-refractivity contribution < 1.29 is 14.2 Å². The van der Waals surface area contributed by atoms with Crippen molar-refractivity contribution in [2.75, 3.05) is 6.61 Å². The number of benzene rings is 1. The minimum absolute atomic E-state index is 0.260. The van der Waals surface area contributed by atoms with Gasteiger partial charge in [-0.2, -0.15) is 0 Å². The maximum Gasteiger partial charge on any atom is 0.129 e. The Hall–Kier alpha value is -1.09. The van der Waals surface area contributed by atoms with Gasteiger partial charge in [0, 0.05) is 5.56 Å². The van der Waals surface area contributed by atoms with E-state index in [0.717, 1.165) is 6.42 Å². The minimum Gasteiger partial charge on any atom is -0.494 e. The van der Waals surface area contributed by atoms with Gasteiger partial charge in [0.25, 0.3) is 0 Å². The summed E-state index contributed by atoms with van der Waals surface area (Å²) in [5, 5.41) is 9.72. The van der Waals surface area contributed by atoms with Crippen LogP contribution in [0.5, 0.6) is 5.75 Å². The van der Waals surface area contributed by atoms with Crippen LogP contribution in [0.3, 0.4) is 0 Å². The van der Waals surface area contributed by atoms with Crippen molar-refractivity contribution in [1.82, 2.24) is 0 Å². The molecule has 1 aromatic rings. The van der Waals surface area contributed by atoms with E-state index in [-0.39, 0.29) is 5.56 Å². The van der Waals surface area contributed by atoms with Gasteiger partial charge in [-0.25, -0.2) is 4.39 Å². The zero-order valence-electron chi connectivity index (χ0n) is 9.38. The van der Waals surface area contributed by atoms with Crippen LogP contribution in [0.2, 0.25) is 0 Å². The van der Waals surface area contributed by atoms with Crippen molar-refractivity contribution >= 4 is 0 Å². The third-order valence-corrected chi connectivity index (χ3v) is 2.07. The molecule has 1 rings (SSSR count). The highest BCUT2D eigenvalue weighted by Crippen LogP contribution is 2.26. The first-order chi connectivity index (χ1) is 6.95. The molecule has 3 heteroatoms. The van der Waals surface area contributed by atoms with Gasteiger partial charge in [-0.05, 0) is 38.5 Å². The topological polar surface area (TPSA) is 29.5 Å². The first-order valence-electron chi connectivity index (χ1n) is 5.10. The van der Waals surface area contributed by atoms with Gasteiger partial charge in [0.2, 0.25) is 0 Å². The maximum absolute atomic E-state index is 13.4. The molecule has 0 aliphatic rings. The normalized spacial score (nSPS) is 11.5. The van der Waals surface area contributed by atoms with Gasteiger partial charge in [-0.1, -0.05) is 6.92 Å². The van der Waals surface area contributed by atoms with E-state index in [9.17, 15) is 9.50 Å². The van der Waals surface area contributed by atoms with Gasteiger partial charge in [-0.15, -0.1) is 0 Å². The molecule has 0 heterocycles. The Morgan fingerprint density at radius 1 is 1.40 bits per heavy atom. The monoisotopic (exact) mass is 212 g/mol. The summed E-state index contributed by atoms with van der Waals surface area (Å²) in [6, 6.07) is 4.43. The van der Waals surface area contributed by atoms with E-state index in [0.29, 0.717) is 12.4 Å². The number of ether oxygens (including phenoxy) is 1. The molecule has 0 unspecified atom stereocenters. The molecule has 0 spiro atoms.